The molecular formula is C13H13ClN2O3. The van der Waals surface area contributed by atoms with E-state index in [9.17, 15) is 9.90 Å². The van der Waals surface area contributed by atoms with E-state index in [1.807, 2.05) is 0 Å². The number of aromatic amines is 1. The molecule has 6 heteroatoms. The van der Waals surface area contributed by atoms with Gasteiger partial charge in [-0.05, 0) is 25.1 Å². The van der Waals surface area contributed by atoms with E-state index in [1.165, 1.54) is 12.1 Å². The van der Waals surface area contributed by atoms with Crippen LogP contribution in [-0.2, 0) is 6.42 Å². The molecule has 2 rings (SSSR count). The number of hydrogen-bond donors (Lipinski definition) is 3. The molecule has 0 radical (unpaired) electrons. The largest absolute Gasteiger partial charge is 0.506 e. The summed E-state index contributed by atoms with van der Waals surface area (Å²) in [6.45, 7) is 1.61. The quantitative estimate of drug-likeness (QED) is 0.798. The number of rotatable bonds is 3. The van der Waals surface area contributed by atoms with Gasteiger partial charge in [-0.25, -0.2) is 4.98 Å². The smallest absolute Gasteiger partial charge is 0.254 e. The maximum atomic E-state index is 11.9. The molecule has 0 amide bonds. The van der Waals surface area contributed by atoms with Crippen LogP contribution in [0.15, 0.2) is 23.0 Å². The summed E-state index contributed by atoms with van der Waals surface area (Å²) in [4.78, 5) is 18.8. The highest BCUT2D eigenvalue weighted by molar-refractivity contribution is 6.32. The van der Waals surface area contributed by atoms with Crippen molar-refractivity contribution in [3.63, 3.8) is 0 Å². The van der Waals surface area contributed by atoms with Gasteiger partial charge in [0.05, 0.1) is 5.02 Å². The van der Waals surface area contributed by atoms with Crippen molar-refractivity contribution in [2.45, 2.75) is 13.3 Å². The van der Waals surface area contributed by atoms with Crippen LogP contribution in [-0.4, -0.2) is 26.8 Å². The number of aliphatic hydroxyl groups is 1. The molecule has 5 nitrogen and oxygen atoms in total. The molecule has 100 valence electrons. The number of phenolic OH excluding ortho intramolecular Hbond substituents is 1. The van der Waals surface area contributed by atoms with Gasteiger partial charge in [-0.15, -0.1) is 0 Å². The second kappa shape index (κ2) is 5.42. The number of benzene rings is 1. The third-order valence-corrected chi connectivity index (χ3v) is 3.11. The maximum Gasteiger partial charge on any atom is 0.254 e. The highest BCUT2D eigenvalue weighted by Gasteiger charge is 2.10. The Morgan fingerprint density at radius 2 is 2.16 bits per heavy atom. The van der Waals surface area contributed by atoms with Gasteiger partial charge in [0.15, 0.2) is 0 Å². The van der Waals surface area contributed by atoms with E-state index in [2.05, 4.69) is 9.97 Å². The lowest BCUT2D eigenvalue weighted by Crippen LogP contribution is -2.18. The zero-order valence-corrected chi connectivity index (χ0v) is 11.0. The Labute approximate surface area is 114 Å². The minimum atomic E-state index is -0.277. The summed E-state index contributed by atoms with van der Waals surface area (Å²) < 4.78 is 0. The number of halogens is 1. The number of aromatic hydroxyl groups is 1. The third-order valence-electron chi connectivity index (χ3n) is 2.81. The van der Waals surface area contributed by atoms with E-state index in [0.29, 0.717) is 22.6 Å². The summed E-state index contributed by atoms with van der Waals surface area (Å²) >= 11 is 5.82. The van der Waals surface area contributed by atoms with Crippen molar-refractivity contribution in [2.24, 2.45) is 0 Å². The fraction of sp³-hybridized carbons (Fsp3) is 0.231. The summed E-state index contributed by atoms with van der Waals surface area (Å²) in [5, 5.41) is 18.4. The van der Waals surface area contributed by atoms with Gasteiger partial charge in [0.25, 0.3) is 5.56 Å². The number of aromatic nitrogens is 2. The molecule has 0 aliphatic heterocycles. The summed E-state index contributed by atoms with van der Waals surface area (Å²) in [7, 11) is 0. The fourth-order valence-electron chi connectivity index (χ4n) is 1.81. The molecule has 19 heavy (non-hydrogen) atoms. The van der Waals surface area contributed by atoms with E-state index >= 15 is 0 Å². The van der Waals surface area contributed by atoms with Crippen molar-refractivity contribution in [3.05, 3.63) is 44.8 Å². The standard InChI is InChI=1S/C13H13ClN2O3/c1-7-9(4-5-17)13(19)16-12(15-7)8-2-3-11(18)10(14)6-8/h2-3,6,17-18H,4-5H2,1H3,(H,15,16,19). The van der Waals surface area contributed by atoms with Crippen molar-refractivity contribution >= 4 is 11.6 Å². The van der Waals surface area contributed by atoms with E-state index < -0.39 is 0 Å². The average molecular weight is 281 g/mol. The molecule has 1 aromatic heterocycles. The lowest BCUT2D eigenvalue weighted by molar-refractivity contribution is 0.298. The van der Waals surface area contributed by atoms with Crippen molar-refractivity contribution in [1.29, 1.82) is 0 Å². The van der Waals surface area contributed by atoms with Crippen molar-refractivity contribution < 1.29 is 10.2 Å². The molecule has 0 aliphatic rings. The van der Waals surface area contributed by atoms with Crippen LogP contribution in [0.5, 0.6) is 5.75 Å². The second-order valence-corrected chi connectivity index (χ2v) is 4.53. The minimum Gasteiger partial charge on any atom is -0.506 e. The van der Waals surface area contributed by atoms with Crippen LogP contribution in [0, 0.1) is 6.92 Å². The van der Waals surface area contributed by atoms with Crippen LogP contribution in [0.4, 0.5) is 0 Å². The van der Waals surface area contributed by atoms with Gasteiger partial charge < -0.3 is 15.2 Å². The van der Waals surface area contributed by atoms with Gasteiger partial charge in [0.2, 0.25) is 0 Å². The van der Waals surface area contributed by atoms with Crippen LogP contribution in [0.2, 0.25) is 5.02 Å². The number of phenols is 1. The van der Waals surface area contributed by atoms with Crippen LogP contribution in [0.25, 0.3) is 11.4 Å². The Morgan fingerprint density at radius 1 is 1.42 bits per heavy atom. The summed E-state index contributed by atoms with van der Waals surface area (Å²) in [6, 6.07) is 4.58. The monoisotopic (exact) mass is 280 g/mol. The number of nitrogens with one attached hydrogen (secondary N) is 1. The first kappa shape index (κ1) is 13.6. The van der Waals surface area contributed by atoms with Gasteiger partial charge in [-0.1, -0.05) is 11.6 Å². The summed E-state index contributed by atoms with van der Waals surface area (Å²) in [5.41, 5.74) is 1.37. The molecule has 0 aliphatic carbocycles. The molecule has 0 fully saturated rings. The van der Waals surface area contributed by atoms with Crippen molar-refractivity contribution in [3.8, 4) is 17.1 Å². The first-order chi connectivity index (χ1) is 9.02. The molecule has 0 bridgehead atoms. The Bertz CT molecular complexity index is 667. The van der Waals surface area contributed by atoms with Gasteiger partial charge >= 0.3 is 0 Å². The molecular weight excluding hydrogens is 268 g/mol. The average Bonchev–Trinajstić information content (AvgIpc) is 2.37. The number of nitrogens with zero attached hydrogens (tertiary/aromatic N) is 1. The van der Waals surface area contributed by atoms with Gasteiger partial charge in [-0.2, -0.15) is 0 Å². The van der Waals surface area contributed by atoms with Gasteiger partial charge in [0.1, 0.15) is 11.6 Å². The molecule has 1 aromatic carbocycles. The second-order valence-electron chi connectivity index (χ2n) is 4.12. The van der Waals surface area contributed by atoms with E-state index in [-0.39, 0.29) is 29.4 Å². The van der Waals surface area contributed by atoms with Gasteiger partial charge in [0, 0.05) is 29.8 Å². The highest BCUT2D eigenvalue weighted by Crippen LogP contribution is 2.27. The Morgan fingerprint density at radius 3 is 2.74 bits per heavy atom. The maximum absolute atomic E-state index is 11.9. The molecule has 0 saturated heterocycles. The number of hydrogen-bond acceptors (Lipinski definition) is 4. The molecule has 1 heterocycles. The molecule has 0 spiro atoms. The fourth-order valence-corrected chi connectivity index (χ4v) is 1.99. The van der Waals surface area contributed by atoms with Crippen LogP contribution in [0.3, 0.4) is 0 Å². The third kappa shape index (κ3) is 2.77. The van der Waals surface area contributed by atoms with Crippen LogP contribution in [0.1, 0.15) is 11.3 Å². The molecule has 0 saturated carbocycles. The predicted molar refractivity (Wildman–Crippen MR) is 72.5 cm³/mol. The lowest BCUT2D eigenvalue weighted by atomic mass is 10.1. The van der Waals surface area contributed by atoms with Crippen molar-refractivity contribution in [2.75, 3.05) is 6.61 Å². The first-order valence-corrected chi connectivity index (χ1v) is 6.10. The number of H-pyrrole nitrogens is 1. The Balaban J connectivity index is 2.52. The van der Waals surface area contributed by atoms with Crippen LogP contribution >= 0.6 is 11.6 Å². The Kier molecular flexibility index (Phi) is 3.87. The van der Waals surface area contributed by atoms with E-state index in [0.717, 1.165) is 0 Å². The Hall–Kier alpha value is -1.85. The molecule has 3 N–H and O–H groups in total. The highest BCUT2D eigenvalue weighted by atomic mass is 35.5. The SMILES string of the molecule is Cc1nc(-c2ccc(O)c(Cl)c2)[nH]c(=O)c1CCO. The first-order valence-electron chi connectivity index (χ1n) is 5.72. The normalized spacial score (nSPS) is 10.7. The summed E-state index contributed by atoms with van der Waals surface area (Å²) in [5.74, 6) is 0.354. The van der Waals surface area contributed by atoms with Gasteiger partial charge in [-0.3, -0.25) is 4.79 Å². The number of aliphatic hydroxyl groups excluding tert-OH is 1. The molecule has 0 unspecified atom stereocenters. The minimum absolute atomic E-state index is 0.0265. The zero-order valence-electron chi connectivity index (χ0n) is 10.3. The predicted octanol–water partition coefficient (Wildman–Crippen LogP) is 1.64. The zero-order chi connectivity index (χ0) is 14.0. The van der Waals surface area contributed by atoms with E-state index in [1.54, 1.807) is 13.0 Å². The summed E-state index contributed by atoms with van der Waals surface area (Å²) in [6.07, 6.45) is 0.269. The number of aryl methyl sites for hydroxylation is 1. The lowest BCUT2D eigenvalue weighted by Gasteiger charge is -2.07. The van der Waals surface area contributed by atoms with Crippen molar-refractivity contribution in [1.82, 2.24) is 9.97 Å². The van der Waals surface area contributed by atoms with Crippen LogP contribution < -0.4 is 5.56 Å². The molecule has 2 aromatic rings. The topological polar surface area (TPSA) is 86.2 Å². The van der Waals surface area contributed by atoms with E-state index in [4.69, 9.17) is 16.7 Å². The molecule has 0 atom stereocenters.